The van der Waals surface area contributed by atoms with Crippen molar-refractivity contribution < 1.29 is 23.5 Å². The smallest absolute Gasteiger partial charge is 0.410 e. The number of aryl methyl sites for hydroxylation is 2. The molecule has 0 fully saturated rings. The van der Waals surface area contributed by atoms with Gasteiger partial charge in [0.25, 0.3) is 0 Å². The average Bonchev–Trinajstić information content (AvgIpc) is 3.17. The summed E-state index contributed by atoms with van der Waals surface area (Å²) < 4.78 is 11.2. The van der Waals surface area contributed by atoms with Crippen LogP contribution < -0.4 is 5.32 Å². The Balaban J connectivity index is 0.00000148. The number of aromatic nitrogens is 1. The highest BCUT2D eigenvalue weighted by molar-refractivity contribution is 5.97. The third-order valence-corrected chi connectivity index (χ3v) is 6.46. The van der Waals surface area contributed by atoms with E-state index >= 15 is 0 Å². The van der Waals surface area contributed by atoms with Crippen LogP contribution in [0.15, 0.2) is 47.0 Å². The Morgan fingerprint density at radius 2 is 1.81 bits per heavy atom. The van der Waals surface area contributed by atoms with Crippen molar-refractivity contribution in [3.8, 4) is 0 Å². The molecule has 0 saturated heterocycles. The van der Waals surface area contributed by atoms with Crippen molar-refractivity contribution in [1.29, 1.82) is 0 Å². The zero-order chi connectivity index (χ0) is 31.6. The molecule has 9 nitrogen and oxygen atoms in total. The lowest BCUT2D eigenvalue weighted by atomic mass is 10.1. The number of benzene rings is 1. The third-order valence-electron chi connectivity index (χ3n) is 6.46. The van der Waals surface area contributed by atoms with Gasteiger partial charge in [0, 0.05) is 43.9 Å². The number of pyridine rings is 1. The van der Waals surface area contributed by atoms with Crippen molar-refractivity contribution in [3.05, 3.63) is 65.1 Å². The van der Waals surface area contributed by atoms with Crippen LogP contribution >= 0.6 is 0 Å². The van der Waals surface area contributed by atoms with Crippen LogP contribution in [0, 0.1) is 6.92 Å². The van der Waals surface area contributed by atoms with Gasteiger partial charge in [-0.15, -0.1) is 0 Å². The number of hydrogen-bond donors (Lipinski definition) is 1. The fraction of sp³-hybridized carbons (Fsp3) is 0.455. The summed E-state index contributed by atoms with van der Waals surface area (Å²) >= 11 is 0. The highest BCUT2D eigenvalue weighted by Gasteiger charge is 2.32. The number of nitrogens with zero attached hydrogens (tertiary/aromatic N) is 3. The van der Waals surface area contributed by atoms with Crippen molar-refractivity contribution in [2.24, 2.45) is 0 Å². The Labute approximate surface area is 249 Å². The van der Waals surface area contributed by atoms with Crippen LogP contribution in [0.5, 0.6) is 0 Å². The number of carbonyl (C=O) groups is 3. The van der Waals surface area contributed by atoms with Gasteiger partial charge in [-0.2, -0.15) is 0 Å². The number of para-hydroxylation sites is 1. The fourth-order valence-electron chi connectivity index (χ4n) is 4.40. The van der Waals surface area contributed by atoms with E-state index in [2.05, 4.69) is 10.3 Å². The molecule has 1 aromatic carbocycles. The topological polar surface area (TPSA) is 105 Å². The normalized spacial score (nSPS) is 14.4. The lowest BCUT2D eigenvalue weighted by molar-refractivity contribution is -0.125. The Kier molecular flexibility index (Phi) is 12.3. The molecule has 3 heterocycles. The van der Waals surface area contributed by atoms with Crippen LogP contribution in [0.3, 0.4) is 0 Å². The molecule has 1 atom stereocenters. The molecule has 0 spiro atoms. The van der Waals surface area contributed by atoms with E-state index in [9.17, 15) is 14.4 Å². The van der Waals surface area contributed by atoms with Crippen LogP contribution in [0.1, 0.15) is 77.3 Å². The number of rotatable bonds is 5. The van der Waals surface area contributed by atoms with Crippen LogP contribution in [0.2, 0.25) is 0 Å². The Morgan fingerprint density at radius 1 is 1.14 bits per heavy atom. The standard InChI is InChI=1S/C29H34N4O5.2C2H6/c1-18-22(21-9-7-8-10-24(21)37-18)17-32(5)25(34)14-11-19-15-20-12-13-23(27(35)31-26(20)30-16-19)33(6)28(36)38-29(2,3)4;2*1-2/h7-11,14-16,23H,12-13,17H2,1-6H3,(H,30,31,35);2*1-2H3/b14-11+;;. The van der Waals surface area contributed by atoms with Crippen molar-refractivity contribution in [3.63, 3.8) is 0 Å². The summed E-state index contributed by atoms with van der Waals surface area (Å²) in [7, 11) is 3.31. The fourth-order valence-corrected chi connectivity index (χ4v) is 4.40. The maximum absolute atomic E-state index is 12.8. The predicted molar refractivity (Wildman–Crippen MR) is 168 cm³/mol. The monoisotopic (exact) mass is 578 g/mol. The van der Waals surface area contributed by atoms with Crippen molar-refractivity contribution in [2.45, 2.75) is 86.4 Å². The maximum atomic E-state index is 12.8. The van der Waals surface area contributed by atoms with Gasteiger partial charge in [0.2, 0.25) is 11.8 Å². The largest absolute Gasteiger partial charge is 0.461 e. The number of nitrogens with one attached hydrogen (secondary N) is 1. The van der Waals surface area contributed by atoms with Gasteiger partial charge in [-0.25, -0.2) is 9.78 Å². The molecule has 42 heavy (non-hydrogen) atoms. The van der Waals surface area contributed by atoms with Gasteiger partial charge < -0.3 is 19.4 Å². The number of amides is 3. The first-order valence-electron chi connectivity index (χ1n) is 14.6. The number of anilines is 1. The number of likely N-dealkylation sites (N-methyl/N-ethyl adjacent to an activating group) is 2. The molecule has 9 heteroatoms. The molecule has 0 bridgehead atoms. The SMILES string of the molecule is CC.CC.Cc1oc2ccccc2c1CN(C)C(=O)/C=C/c1cnc2c(c1)CCC(N(C)C(=O)OC(C)(C)C)C(=O)N2. The summed E-state index contributed by atoms with van der Waals surface area (Å²) in [6, 6.07) is 9.00. The highest BCUT2D eigenvalue weighted by Crippen LogP contribution is 2.27. The van der Waals surface area contributed by atoms with Gasteiger partial charge >= 0.3 is 6.09 Å². The minimum atomic E-state index is -0.685. The van der Waals surface area contributed by atoms with E-state index in [1.54, 1.807) is 52.0 Å². The van der Waals surface area contributed by atoms with E-state index in [4.69, 9.17) is 9.15 Å². The minimum Gasteiger partial charge on any atom is -0.461 e. The third kappa shape index (κ3) is 8.68. The predicted octanol–water partition coefficient (Wildman–Crippen LogP) is 6.98. The molecule has 3 amide bonds. The van der Waals surface area contributed by atoms with Crippen LogP contribution in [-0.2, 0) is 27.3 Å². The number of fused-ring (bicyclic) bond motifs is 2. The molecule has 1 N–H and O–H groups in total. The minimum absolute atomic E-state index is 0.156. The lowest BCUT2D eigenvalue weighted by Crippen LogP contribution is -2.46. The first kappa shape index (κ1) is 34.1. The molecule has 0 saturated carbocycles. The molecule has 1 aliphatic heterocycles. The van der Waals surface area contributed by atoms with E-state index in [1.807, 2.05) is 65.0 Å². The number of furan rings is 1. The van der Waals surface area contributed by atoms with Crippen molar-refractivity contribution in [2.75, 3.05) is 19.4 Å². The van der Waals surface area contributed by atoms with Crippen LogP contribution in [0.4, 0.5) is 10.6 Å². The van der Waals surface area contributed by atoms with Crippen molar-refractivity contribution in [1.82, 2.24) is 14.8 Å². The van der Waals surface area contributed by atoms with Gasteiger partial charge in [0.05, 0.1) is 0 Å². The molecule has 0 aliphatic carbocycles. The molecule has 4 rings (SSSR count). The first-order valence-corrected chi connectivity index (χ1v) is 14.6. The maximum Gasteiger partial charge on any atom is 0.410 e. The Morgan fingerprint density at radius 3 is 2.48 bits per heavy atom. The molecule has 0 radical (unpaired) electrons. The molecule has 1 unspecified atom stereocenters. The quantitative estimate of drug-likeness (QED) is 0.328. The summed E-state index contributed by atoms with van der Waals surface area (Å²) in [5, 5.41) is 3.82. The summed E-state index contributed by atoms with van der Waals surface area (Å²) in [5.41, 5.74) is 2.71. The number of hydrogen-bond acceptors (Lipinski definition) is 6. The van der Waals surface area contributed by atoms with Crippen LogP contribution in [0.25, 0.3) is 17.0 Å². The number of ether oxygens (including phenoxy) is 1. The molecule has 1 aliphatic rings. The number of carbonyl (C=O) groups excluding carboxylic acids is 3. The summed E-state index contributed by atoms with van der Waals surface area (Å²) in [6.07, 6.45) is 5.22. The second kappa shape index (κ2) is 15.2. The van der Waals surface area contributed by atoms with E-state index in [0.29, 0.717) is 25.2 Å². The molecular weight excluding hydrogens is 532 g/mol. The average molecular weight is 579 g/mol. The summed E-state index contributed by atoms with van der Waals surface area (Å²) in [6.45, 7) is 15.7. The van der Waals surface area contributed by atoms with E-state index in [1.165, 1.54) is 11.0 Å². The molecule has 2 aromatic heterocycles. The Hall–Kier alpha value is -4.14. The Bertz CT molecular complexity index is 1400. The van der Waals surface area contributed by atoms with Gasteiger partial charge in [0.15, 0.2) is 0 Å². The lowest BCUT2D eigenvalue weighted by Gasteiger charge is -2.29. The molecule has 228 valence electrons. The van der Waals surface area contributed by atoms with Gasteiger partial charge in [-0.1, -0.05) is 45.9 Å². The first-order chi connectivity index (χ1) is 19.9. The van der Waals surface area contributed by atoms with E-state index in [-0.39, 0.29) is 11.8 Å². The highest BCUT2D eigenvalue weighted by atomic mass is 16.6. The second-order valence-corrected chi connectivity index (χ2v) is 10.6. The molecule has 3 aromatic rings. The zero-order valence-electron chi connectivity index (χ0n) is 26.7. The summed E-state index contributed by atoms with van der Waals surface area (Å²) in [4.78, 5) is 45.5. The molecular formula is C33H46N4O5. The van der Waals surface area contributed by atoms with Crippen LogP contribution in [-0.4, -0.2) is 58.4 Å². The second-order valence-electron chi connectivity index (χ2n) is 10.6. The zero-order valence-corrected chi connectivity index (χ0v) is 26.7. The van der Waals surface area contributed by atoms with Gasteiger partial charge in [-0.05, 0) is 69.9 Å². The van der Waals surface area contributed by atoms with Crippen molar-refractivity contribution >= 4 is 40.8 Å². The van der Waals surface area contributed by atoms with E-state index in [0.717, 1.165) is 33.4 Å². The summed E-state index contributed by atoms with van der Waals surface area (Å²) in [5.74, 6) is 0.782. The van der Waals surface area contributed by atoms with Gasteiger partial charge in [-0.3, -0.25) is 14.5 Å². The van der Waals surface area contributed by atoms with E-state index < -0.39 is 17.7 Å². The van der Waals surface area contributed by atoms with Gasteiger partial charge in [0.1, 0.15) is 28.8 Å².